The minimum absolute atomic E-state index is 0.0699. The third-order valence-corrected chi connectivity index (χ3v) is 5.69. The molecule has 0 spiro atoms. The first kappa shape index (κ1) is 18.6. The Morgan fingerprint density at radius 3 is 2.47 bits per heavy atom. The first-order valence-electron chi connectivity index (χ1n) is 10.2. The third kappa shape index (κ3) is 3.37. The van der Waals surface area contributed by atoms with Gasteiger partial charge in [-0.3, -0.25) is 4.79 Å². The molecule has 0 saturated carbocycles. The third-order valence-electron chi connectivity index (χ3n) is 5.69. The second kappa shape index (κ2) is 7.76. The summed E-state index contributed by atoms with van der Waals surface area (Å²) in [6, 6.07) is 21.8. The summed E-state index contributed by atoms with van der Waals surface area (Å²) in [5.74, 6) is 0.809. The van der Waals surface area contributed by atoms with E-state index in [2.05, 4.69) is 29.1 Å². The van der Waals surface area contributed by atoms with Gasteiger partial charge < -0.3 is 14.2 Å². The lowest BCUT2D eigenvalue weighted by Crippen LogP contribution is -2.47. The van der Waals surface area contributed by atoms with Gasteiger partial charge in [0.2, 0.25) is 5.71 Å². The van der Waals surface area contributed by atoms with Crippen LogP contribution in [0, 0.1) is 0 Å². The Hall–Kier alpha value is -3.44. The van der Waals surface area contributed by atoms with E-state index in [1.54, 1.807) is 6.20 Å². The fourth-order valence-corrected chi connectivity index (χ4v) is 4.01. The number of hydrogen-bond donors (Lipinski definition) is 0. The number of benzene rings is 2. The molecular formula is C25H23N3O2. The maximum Gasteiger partial charge on any atom is 0.253 e. The van der Waals surface area contributed by atoms with Crippen molar-refractivity contribution in [2.75, 3.05) is 33.2 Å². The zero-order valence-corrected chi connectivity index (χ0v) is 16.9. The highest BCUT2D eigenvalue weighted by atomic mass is 16.3. The van der Waals surface area contributed by atoms with Crippen LogP contribution in [0.2, 0.25) is 0 Å². The quantitative estimate of drug-likeness (QED) is 0.509. The lowest BCUT2D eigenvalue weighted by Gasteiger charge is -2.32. The smallest absolute Gasteiger partial charge is 0.253 e. The summed E-state index contributed by atoms with van der Waals surface area (Å²) in [7, 11) is 2.09. The molecule has 1 aliphatic heterocycles. The van der Waals surface area contributed by atoms with E-state index in [0.29, 0.717) is 11.3 Å². The van der Waals surface area contributed by atoms with Gasteiger partial charge >= 0.3 is 0 Å². The van der Waals surface area contributed by atoms with E-state index in [1.165, 1.54) is 0 Å². The predicted molar refractivity (Wildman–Crippen MR) is 118 cm³/mol. The Morgan fingerprint density at radius 1 is 0.900 bits per heavy atom. The molecule has 1 saturated heterocycles. The molecule has 0 aliphatic carbocycles. The van der Waals surface area contributed by atoms with E-state index in [1.807, 2.05) is 59.5 Å². The van der Waals surface area contributed by atoms with Gasteiger partial charge in [-0.1, -0.05) is 42.5 Å². The number of fused-ring (bicyclic) bond motifs is 1. The van der Waals surface area contributed by atoms with Gasteiger partial charge in [-0.2, -0.15) is 0 Å². The van der Waals surface area contributed by atoms with Crippen molar-refractivity contribution in [1.82, 2.24) is 14.8 Å². The Kier molecular flexibility index (Phi) is 4.81. The van der Waals surface area contributed by atoms with Crippen LogP contribution in [0.4, 0.5) is 0 Å². The summed E-state index contributed by atoms with van der Waals surface area (Å²) in [5.41, 5.74) is 4.23. The average molecular weight is 397 g/mol. The fraction of sp³-hybridized carbons (Fsp3) is 0.200. The number of rotatable bonds is 3. The van der Waals surface area contributed by atoms with Crippen LogP contribution in [0.1, 0.15) is 10.4 Å². The van der Waals surface area contributed by atoms with Crippen LogP contribution in [0.5, 0.6) is 0 Å². The Labute approximate surface area is 175 Å². The molecule has 5 heteroatoms. The topological polar surface area (TPSA) is 49.6 Å². The molecule has 1 amide bonds. The summed E-state index contributed by atoms with van der Waals surface area (Å²) in [4.78, 5) is 21.7. The molecule has 5 rings (SSSR count). The van der Waals surface area contributed by atoms with Crippen molar-refractivity contribution in [2.45, 2.75) is 0 Å². The maximum absolute atomic E-state index is 13.1. The molecule has 4 aromatic rings. The Bertz CT molecular complexity index is 1190. The Morgan fingerprint density at radius 2 is 1.67 bits per heavy atom. The number of nitrogens with zero attached hydrogens (tertiary/aromatic N) is 3. The number of amides is 1. The summed E-state index contributed by atoms with van der Waals surface area (Å²) < 4.78 is 6.19. The van der Waals surface area contributed by atoms with Crippen LogP contribution in [0.15, 0.2) is 77.3 Å². The van der Waals surface area contributed by atoms with Crippen molar-refractivity contribution in [2.24, 2.45) is 0 Å². The number of piperazine rings is 1. The lowest BCUT2D eigenvalue weighted by molar-refractivity contribution is 0.0664. The highest BCUT2D eigenvalue weighted by molar-refractivity contribution is 6.01. The number of carbonyl (C=O) groups excluding carboxylic acids is 1. The first-order valence-corrected chi connectivity index (χ1v) is 10.2. The van der Waals surface area contributed by atoms with Gasteiger partial charge in [0.25, 0.3) is 5.91 Å². The van der Waals surface area contributed by atoms with Gasteiger partial charge in [0.1, 0.15) is 5.76 Å². The molecule has 0 radical (unpaired) electrons. The number of hydrogen-bond acceptors (Lipinski definition) is 4. The molecule has 30 heavy (non-hydrogen) atoms. The highest BCUT2D eigenvalue weighted by Gasteiger charge is 2.22. The van der Waals surface area contributed by atoms with Crippen LogP contribution in [-0.4, -0.2) is 53.9 Å². The minimum Gasteiger partial charge on any atom is -0.437 e. The molecule has 5 nitrogen and oxygen atoms in total. The second-order valence-electron chi connectivity index (χ2n) is 7.70. The summed E-state index contributed by atoms with van der Waals surface area (Å²) in [5, 5.41) is 0.967. The molecule has 1 fully saturated rings. The molecule has 150 valence electrons. The van der Waals surface area contributed by atoms with Crippen molar-refractivity contribution in [3.05, 3.63) is 78.5 Å². The summed E-state index contributed by atoms with van der Waals surface area (Å²) >= 11 is 0. The van der Waals surface area contributed by atoms with Crippen molar-refractivity contribution in [3.63, 3.8) is 0 Å². The number of furan rings is 1. The van der Waals surface area contributed by atoms with Crippen LogP contribution < -0.4 is 0 Å². The fourth-order valence-electron chi connectivity index (χ4n) is 4.01. The SMILES string of the molecule is CN1CCN(C(=O)c2cccc(-c3oc4ncccc4c3-c3ccccc3)c2)CC1. The second-order valence-corrected chi connectivity index (χ2v) is 7.70. The zero-order chi connectivity index (χ0) is 20.5. The molecular weight excluding hydrogens is 374 g/mol. The van der Waals surface area contributed by atoms with Crippen LogP contribution in [0.3, 0.4) is 0 Å². The maximum atomic E-state index is 13.1. The molecule has 2 aromatic carbocycles. The normalized spacial score (nSPS) is 14.9. The number of pyridine rings is 1. The van der Waals surface area contributed by atoms with E-state index >= 15 is 0 Å². The van der Waals surface area contributed by atoms with Crippen molar-refractivity contribution in [1.29, 1.82) is 0 Å². The molecule has 0 atom stereocenters. The van der Waals surface area contributed by atoms with Gasteiger partial charge in [-0.25, -0.2) is 4.98 Å². The number of carbonyl (C=O) groups is 1. The monoisotopic (exact) mass is 397 g/mol. The van der Waals surface area contributed by atoms with Gasteiger partial charge in [0.15, 0.2) is 0 Å². The van der Waals surface area contributed by atoms with Gasteiger partial charge in [0, 0.05) is 54.5 Å². The molecule has 2 aromatic heterocycles. The van der Waals surface area contributed by atoms with E-state index in [0.717, 1.165) is 54.0 Å². The summed E-state index contributed by atoms with van der Waals surface area (Å²) in [6.45, 7) is 3.31. The molecule has 3 heterocycles. The first-order chi connectivity index (χ1) is 14.7. The van der Waals surface area contributed by atoms with Gasteiger partial charge in [-0.15, -0.1) is 0 Å². The van der Waals surface area contributed by atoms with Crippen LogP contribution in [-0.2, 0) is 0 Å². The number of likely N-dealkylation sites (N-methyl/N-ethyl adjacent to an activating group) is 1. The van der Waals surface area contributed by atoms with Crippen molar-refractivity contribution < 1.29 is 9.21 Å². The Balaban J connectivity index is 1.58. The van der Waals surface area contributed by atoms with E-state index < -0.39 is 0 Å². The van der Waals surface area contributed by atoms with Gasteiger partial charge in [0.05, 0.1) is 0 Å². The predicted octanol–water partition coefficient (Wildman–Crippen LogP) is 4.55. The minimum atomic E-state index is 0.0699. The lowest BCUT2D eigenvalue weighted by atomic mass is 9.98. The highest BCUT2D eigenvalue weighted by Crippen LogP contribution is 2.40. The van der Waals surface area contributed by atoms with Crippen LogP contribution >= 0.6 is 0 Å². The molecule has 0 unspecified atom stereocenters. The standard InChI is InChI=1S/C25H23N3O2/c1-27-13-15-28(16-14-27)25(29)20-10-5-9-19(17-20)23-22(18-7-3-2-4-8-18)21-11-6-12-26-24(21)30-23/h2-12,17H,13-16H2,1H3. The average Bonchev–Trinajstić information content (AvgIpc) is 3.19. The van der Waals surface area contributed by atoms with Gasteiger partial charge in [-0.05, 0) is 36.9 Å². The zero-order valence-electron chi connectivity index (χ0n) is 16.9. The molecule has 0 N–H and O–H groups in total. The van der Waals surface area contributed by atoms with E-state index in [-0.39, 0.29) is 5.91 Å². The summed E-state index contributed by atoms with van der Waals surface area (Å²) in [6.07, 6.45) is 1.73. The molecule has 1 aliphatic rings. The van der Waals surface area contributed by atoms with E-state index in [9.17, 15) is 4.79 Å². The molecule has 0 bridgehead atoms. The van der Waals surface area contributed by atoms with Crippen molar-refractivity contribution >= 4 is 17.0 Å². The van der Waals surface area contributed by atoms with Crippen molar-refractivity contribution in [3.8, 4) is 22.5 Å². The largest absolute Gasteiger partial charge is 0.437 e. The van der Waals surface area contributed by atoms with E-state index in [4.69, 9.17) is 4.42 Å². The van der Waals surface area contributed by atoms with Crippen LogP contribution in [0.25, 0.3) is 33.6 Å². The number of aromatic nitrogens is 1.